The molecular weight excluding hydrogens is 710 g/mol. The summed E-state index contributed by atoms with van der Waals surface area (Å²) in [7, 11) is 0. The van der Waals surface area contributed by atoms with Crippen LogP contribution in [0.1, 0.15) is 45.7 Å². The summed E-state index contributed by atoms with van der Waals surface area (Å²) in [5, 5.41) is 11.5. The summed E-state index contributed by atoms with van der Waals surface area (Å²) in [6, 6.07) is 36.5. The Hall–Kier alpha value is -4.01. The second-order valence-electron chi connectivity index (χ2n) is 12.4. The van der Waals surface area contributed by atoms with Gasteiger partial charge in [0, 0.05) is 38.6 Å². The van der Waals surface area contributed by atoms with Crippen molar-refractivity contribution in [2.24, 2.45) is 5.92 Å². The SMILES string of the molecule is CC(C)Cc1ccnc(-c2[c-]c(-c3cccc4c3nc(-c3cccc(C(C)(C)C)c3O)n4-c3ccccc3)ccc2)c1.[Pt]. The van der Waals surface area contributed by atoms with E-state index in [-0.39, 0.29) is 32.2 Å². The van der Waals surface area contributed by atoms with Gasteiger partial charge < -0.3 is 5.11 Å². The van der Waals surface area contributed by atoms with Crippen LogP contribution in [0.25, 0.3) is 50.5 Å². The summed E-state index contributed by atoms with van der Waals surface area (Å²) in [5.74, 6) is 1.54. The maximum atomic E-state index is 11.5. The summed E-state index contributed by atoms with van der Waals surface area (Å²) in [6.07, 6.45) is 2.90. The molecule has 0 saturated heterocycles. The maximum absolute atomic E-state index is 11.5. The molecule has 6 rings (SSSR count). The number of phenolic OH excluding ortho intramolecular Hbond substituents is 1. The molecule has 6 aromatic rings. The van der Waals surface area contributed by atoms with Gasteiger partial charge in [-0.3, -0.25) is 9.55 Å². The molecule has 0 spiro atoms. The Bertz CT molecular complexity index is 1880. The molecule has 4 nitrogen and oxygen atoms in total. The van der Waals surface area contributed by atoms with E-state index in [1.54, 1.807) is 0 Å². The number of aromatic nitrogens is 3. The molecule has 0 fully saturated rings. The third-order valence-electron chi connectivity index (χ3n) is 7.61. The first-order valence-corrected chi connectivity index (χ1v) is 14.6. The second-order valence-corrected chi connectivity index (χ2v) is 12.4. The van der Waals surface area contributed by atoms with Crippen LogP contribution >= 0.6 is 0 Å². The van der Waals surface area contributed by atoms with Crippen molar-refractivity contribution >= 4 is 11.0 Å². The number of imidazole rings is 1. The third-order valence-corrected chi connectivity index (χ3v) is 7.61. The van der Waals surface area contributed by atoms with Gasteiger partial charge in [0.2, 0.25) is 0 Å². The van der Waals surface area contributed by atoms with Crippen molar-refractivity contribution in [1.82, 2.24) is 14.5 Å². The predicted molar refractivity (Wildman–Crippen MR) is 173 cm³/mol. The van der Waals surface area contributed by atoms with Gasteiger partial charge in [0.1, 0.15) is 11.6 Å². The number of benzene rings is 4. The zero-order chi connectivity index (χ0) is 29.4. The number of phenols is 1. The summed E-state index contributed by atoms with van der Waals surface area (Å²) in [5.41, 5.74) is 9.26. The molecule has 43 heavy (non-hydrogen) atoms. The number of aromatic hydroxyl groups is 1. The molecule has 0 amide bonds. The van der Waals surface area contributed by atoms with Crippen molar-refractivity contribution in [3.05, 3.63) is 120 Å². The molecule has 0 bridgehead atoms. The predicted octanol–water partition coefficient (Wildman–Crippen LogP) is 9.42. The fourth-order valence-corrected chi connectivity index (χ4v) is 5.66. The van der Waals surface area contributed by atoms with Gasteiger partial charge in [0.15, 0.2) is 0 Å². The van der Waals surface area contributed by atoms with Crippen molar-refractivity contribution in [1.29, 1.82) is 0 Å². The Labute approximate surface area is 268 Å². The van der Waals surface area contributed by atoms with Crippen LogP contribution in [0.5, 0.6) is 5.75 Å². The Balaban J connectivity index is 0.00000368. The van der Waals surface area contributed by atoms with Gasteiger partial charge in [0.25, 0.3) is 0 Å². The first-order valence-electron chi connectivity index (χ1n) is 14.6. The topological polar surface area (TPSA) is 50.9 Å². The smallest absolute Gasteiger partial charge is 0.148 e. The zero-order valence-corrected chi connectivity index (χ0v) is 27.5. The van der Waals surface area contributed by atoms with Crippen molar-refractivity contribution in [3.8, 4) is 45.2 Å². The van der Waals surface area contributed by atoms with Gasteiger partial charge in [0.05, 0.1) is 16.6 Å². The molecule has 0 aliphatic rings. The molecule has 0 aliphatic heterocycles. The molecular formula is C38H36N3OPt-. The largest absolute Gasteiger partial charge is 0.507 e. The number of hydrogen-bond acceptors (Lipinski definition) is 3. The molecule has 220 valence electrons. The van der Waals surface area contributed by atoms with E-state index in [1.807, 2.05) is 42.6 Å². The quantitative estimate of drug-likeness (QED) is 0.173. The van der Waals surface area contributed by atoms with E-state index in [0.717, 1.165) is 51.1 Å². The van der Waals surface area contributed by atoms with Crippen LogP contribution < -0.4 is 0 Å². The minimum atomic E-state index is -0.218. The van der Waals surface area contributed by atoms with Gasteiger partial charge in [-0.2, -0.15) is 0 Å². The van der Waals surface area contributed by atoms with Crippen LogP contribution in [0.4, 0.5) is 0 Å². The molecule has 0 aliphatic carbocycles. The van der Waals surface area contributed by atoms with E-state index in [4.69, 9.17) is 4.98 Å². The minimum Gasteiger partial charge on any atom is -0.507 e. The Morgan fingerprint density at radius 3 is 2.26 bits per heavy atom. The summed E-state index contributed by atoms with van der Waals surface area (Å²) in [6.45, 7) is 10.8. The van der Waals surface area contributed by atoms with Gasteiger partial charge in [-0.15, -0.1) is 29.8 Å². The van der Waals surface area contributed by atoms with Crippen molar-refractivity contribution < 1.29 is 26.2 Å². The fourth-order valence-electron chi connectivity index (χ4n) is 5.66. The third kappa shape index (κ3) is 6.08. The molecule has 0 atom stereocenters. The van der Waals surface area contributed by atoms with E-state index >= 15 is 0 Å². The molecule has 0 saturated carbocycles. The zero-order valence-electron chi connectivity index (χ0n) is 25.2. The van der Waals surface area contributed by atoms with E-state index < -0.39 is 0 Å². The Morgan fingerprint density at radius 2 is 1.51 bits per heavy atom. The first kappa shape index (κ1) is 30.4. The molecule has 2 heterocycles. The summed E-state index contributed by atoms with van der Waals surface area (Å²) < 4.78 is 2.14. The number of para-hydroxylation sites is 3. The fraction of sp³-hybridized carbons (Fsp3) is 0.211. The van der Waals surface area contributed by atoms with Crippen LogP contribution in [-0.2, 0) is 32.9 Å². The van der Waals surface area contributed by atoms with Gasteiger partial charge in [-0.25, -0.2) is 4.98 Å². The van der Waals surface area contributed by atoms with Crippen molar-refractivity contribution in [3.63, 3.8) is 0 Å². The molecule has 0 unspecified atom stereocenters. The normalized spacial score (nSPS) is 11.6. The van der Waals surface area contributed by atoms with E-state index in [1.165, 1.54) is 5.56 Å². The van der Waals surface area contributed by atoms with E-state index in [2.05, 4.69) is 111 Å². The molecule has 0 radical (unpaired) electrons. The van der Waals surface area contributed by atoms with E-state index in [0.29, 0.717) is 17.3 Å². The molecule has 1 N–H and O–H groups in total. The van der Waals surface area contributed by atoms with E-state index in [9.17, 15) is 5.11 Å². The Morgan fingerprint density at radius 1 is 0.814 bits per heavy atom. The Kier molecular flexibility index (Phi) is 8.71. The summed E-state index contributed by atoms with van der Waals surface area (Å²) >= 11 is 0. The van der Waals surface area contributed by atoms with Crippen LogP contribution in [-0.4, -0.2) is 19.6 Å². The number of fused-ring (bicyclic) bond motifs is 1. The minimum absolute atomic E-state index is 0. The van der Waals surface area contributed by atoms with Crippen LogP contribution in [0.3, 0.4) is 0 Å². The standard InChI is InChI=1S/C38H36N3O.Pt/c1-25(2)22-26-20-21-39-33(23-26)28-13-9-12-27(24-28)30-16-11-19-34-35(30)40-37(41(34)29-14-7-6-8-15-29)31-17-10-18-32(36(31)42)38(3,4)5;/h6-21,23,25,42H,22H2,1-5H3;/q-1;. The maximum Gasteiger partial charge on any atom is 0.148 e. The van der Waals surface area contributed by atoms with Crippen molar-refractivity contribution in [2.75, 3.05) is 0 Å². The number of nitrogens with zero attached hydrogens (tertiary/aromatic N) is 3. The van der Waals surface area contributed by atoms with Crippen LogP contribution in [0.2, 0.25) is 0 Å². The number of hydrogen-bond donors (Lipinski definition) is 1. The second kappa shape index (κ2) is 12.3. The molecule has 5 heteroatoms. The average molecular weight is 746 g/mol. The average Bonchev–Trinajstić information content (AvgIpc) is 3.36. The summed E-state index contributed by atoms with van der Waals surface area (Å²) in [4.78, 5) is 9.91. The molecule has 4 aromatic carbocycles. The number of rotatable bonds is 6. The first-order chi connectivity index (χ1) is 20.2. The van der Waals surface area contributed by atoms with Gasteiger partial charge >= 0.3 is 0 Å². The van der Waals surface area contributed by atoms with Crippen LogP contribution in [0.15, 0.2) is 103 Å². The van der Waals surface area contributed by atoms with Crippen LogP contribution in [0, 0.1) is 12.0 Å². The molecule has 2 aromatic heterocycles. The van der Waals surface area contributed by atoms with Gasteiger partial charge in [-0.05, 0) is 53.6 Å². The number of pyridine rings is 1. The van der Waals surface area contributed by atoms with Crippen molar-refractivity contribution in [2.45, 2.75) is 46.5 Å². The monoisotopic (exact) mass is 745 g/mol. The van der Waals surface area contributed by atoms with Gasteiger partial charge in [-0.1, -0.05) is 99.8 Å².